The molecular weight excluding hydrogens is 471 g/mol. The summed E-state index contributed by atoms with van der Waals surface area (Å²) >= 11 is 3.80. The summed E-state index contributed by atoms with van der Waals surface area (Å²) in [5, 5.41) is 4.52. The summed E-state index contributed by atoms with van der Waals surface area (Å²) in [4.78, 5) is 3.01. The second kappa shape index (κ2) is 8.06. The van der Waals surface area contributed by atoms with Crippen LogP contribution < -0.4 is 24.8 Å². The van der Waals surface area contributed by atoms with Gasteiger partial charge in [0.25, 0.3) is 0 Å². The molecule has 126 valence electrons. The van der Waals surface area contributed by atoms with Crippen LogP contribution in [0, 0.1) is 0 Å². The van der Waals surface area contributed by atoms with E-state index in [9.17, 15) is 0 Å². The maximum atomic E-state index is 2.59. The van der Waals surface area contributed by atoms with Crippen molar-refractivity contribution in [2.45, 2.75) is 38.0 Å². The summed E-state index contributed by atoms with van der Waals surface area (Å²) in [5.74, 6) is 0. The van der Waals surface area contributed by atoms with Crippen LogP contribution in [-0.4, -0.2) is 8.07 Å². The van der Waals surface area contributed by atoms with Crippen LogP contribution in [0.25, 0.3) is 12.2 Å². The molecule has 6 heteroatoms. The Morgan fingerprint density at radius 3 is 1.54 bits per heavy atom. The first-order chi connectivity index (χ1) is 10.00. The molecule has 2 aromatic heterocycles. The van der Waals surface area contributed by atoms with Gasteiger partial charge in [0.05, 0.1) is 8.07 Å². The van der Waals surface area contributed by atoms with Gasteiger partial charge in [-0.1, -0.05) is 24.2 Å². The van der Waals surface area contributed by atoms with Gasteiger partial charge in [-0.3, -0.25) is 0 Å². The number of thiophene rings is 2. The number of fused-ring (bicyclic) bond motifs is 2. The second-order valence-electron chi connectivity index (χ2n) is 6.94. The third kappa shape index (κ3) is 3.28. The van der Waals surface area contributed by atoms with E-state index in [1.54, 1.807) is 22.3 Å². The van der Waals surface area contributed by atoms with Crippen LogP contribution >= 0.6 is 22.7 Å². The SMILES string of the molecule is CC1=Cc2sccc2C1[Si](C)(C)C1C(C)=Cc2sccc21.[Cl-].[Cl-].[Zr+2]. The molecule has 4 rings (SSSR count). The Morgan fingerprint density at radius 2 is 1.17 bits per heavy atom. The third-order valence-electron chi connectivity index (χ3n) is 5.19. The largest absolute Gasteiger partial charge is 2.00 e. The van der Waals surface area contributed by atoms with Gasteiger partial charge in [0.1, 0.15) is 0 Å². The molecule has 0 saturated carbocycles. The van der Waals surface area contributed by atoms with E-state index >= 15 is 0 Å². The fraction of sp³-hybridized carbons (Fsp3) is 0.333. The van der Waals surface area contributed by atoms with Crippen LogP contribution in [0.5, 0.6) is 0 Å². The molecule has 2 aliphatic carbocycles. The fourth-order valence-electron chi connectivity index (χ4n) is 4.59. The Bertz CT molecular complexity index is 724. The molecule has 24 heavy (non-hydrogen) atoms. The second-order valence-corrected chi connectivity index (χ2v) is 13.6. The molecule has 0 N–H and O–H groups in total. The van der Waals surface area contributed by atoms with Crippen LogP contribution in [0.3, 0.4) is 0 Å². The predicted molar refractivity (Wildman–Crippen MR) is 98.9 cm³/mol. The van der Waals surface area contributed by atoms with Crippen molar-refractivity contribution in [3.05, 3.63) is 54.9 Å². The van der Waals surface area contributed by atoms with Crippen molar-refractivity contribution in [3.8, 4) is 0 Å². The normalized spacial score (nSPS) is 20.8. The Balaban J connectivity index is 0.000000960. The van der Waals surface area contributed by atoms with E-state index in [4.69, 9.17) is 0 Å². The standard InChI is InChI=1S/C18H20S2Si.2ClH.Zr/c1-11-9-15-13(5-7-19-15)17(11)21(3,4)18-12(2)10-16-14(18)6-8-20-16;;;/h5-10,17-18H,1-4H3;2*1H;/q;;;+2/p-2. The molecule has 0 amide bonds. The van der Waals surface area contributed by atoms with Gasteiger partial charge in [-0.25, -0.2) is 0 Å². The number of hydrogen-bond donors (Lipinski definition) is 0. The Hall–Kier alpha value is 0.560. The topological polar surface area (TPSA) is 0 Å². The van der Waals surface area contributed by atoms with Crippen molar-refractivity contribution in [2.75, 3.05) is 0 Å². The minimum Gasteiger partial charge on any atom is -1.00 e. The molecule has 0 fully saturated rings. The zero-order valence-electron chi connectivity index (χ0n) is 14.2. The van der Waals surface area contributed by atoms with Crippen molar-refractivity contribution in [1.29, 1.82) is 0 Å². The molecule has 2 atom stereocenters. The average Bonchev–Trinajstić information content (AvgIpc) is 3.07. The summed E-state index contributed by atoms with van der Waals surface area (Å²) in [5.41, 5.74) is 7.74. The summed E-state index contributed by atoms with van der Waals surface area (Å²) < 4.78 is 0. The van der Waals surface area contributed by atoms with Crippen LogP contribution in [0.4, 0.5) is 0 Å². The first kappa shape index (κ1) is 22.6. The number of rotatable bonds is 2. The Morgan fingerprint density at radius 1 is 0.792 bits per heavy atom. The maximum absolute atomic E-state index is 2.59. The van der Waals surface area contributed by atoms with Crippen molar-refractivity contribution in [1.82, 2.24) is 0 Å². The van der Waals surface area contributed by atoms with Crippen molar-refractivity contribution < 1.29 is 51.0 Å². The van der Waals surface area contributed by atoms with Crippen LogP contribution in [0.1, 0.15) is 45.8 Å². The smallest absolute Gasteiger partial charge is 1.00 e. The van der Waals surface area contributed by atoms with E-state index in [1.165, 1.54) is 9.75 Å². The number of halogens is 2. The van der Waals surface area contributed by atoms with E-state index in [0.717, 1.165) is 0 Å². The third-order valence-corrected chi connectivity index (χ3v) is 11.5. The zero-order valence-corrected chi connectivity index (χ0v) is 20.8. The number of hydrogen-bond acceptors (Lipinski definition) is 2. The molecule has 2 unspecified atom stereocenters. The van der Waals surface area contributed by atoms with E-state index in [-0.39, 0.29) is 51.0 Å². The van der Waals surface area contributed by atoms with Gasteiger partial charge < -0.3 is 24.8 Å². The monoisotopic (exact) mass is 488 g/mol. The zero-order chi connectivity index (χ0) is 14.8. The van der Waals surface area contributed by atoms with Crippen molar-refractivity contribution in [3.63, 3.8) is 0 Å². The molecule has 0 aromatic carbocycles. The minimum absolute atomic E-state index is 0. The van der Waals surface area contributed by atoms with Gasteiger partial charge in [-0.05, 0) is 60.0 Å². The molecule has 0 spiro atoms. The average molecular weight is 491 g/mol. The van der Waals surface area contributed by atoms with E-state index in [0.29, 0.717) is 11.1 Å². The maximum Gasteiger partial charge on any atom is 2.00 e. The Kier molecular flexibility index (Phi) is 7.59. The first-order valence-corrected chi connectivity index (χ1v) is 12.4. The van der Waals surface area contributed by atoms with Gasteiger partial charge >= 0.3 is 26.2 Å². The number of allylic oxidation sites excluding steroid dienone is 2. The van der Waals surface area contributed by atoms with Crippen molar-refractivity contribution in [2.24, 2.45) is 0 Å². The molecule has 0 bridgehead atoms. The van der Waals surface area contributed by atoms with Gasteiger partial charge in [0, 0.05) is 20.8 Å². The van der Waals surface area contributed by atoms with E-state index < -0.39 is 8.07 Å². The van der Waals surface area contributed by atoms with Crippen LogP contribution in [0.15, 0.2) is 34.0 Å². The molecular formula is C18H20Cl2S2SiZr. The molecule has 0 aliphatic heterocycles. The molecule has 2 aliphatic rings. The summed E-state index contributed by atoms with van der Waals surface area (Å²) in [6, 6.07) is 4.74. The van der Waals surface area contributed by atoms with Gasteiger partial charge in [-0.2, -0.15) is 0 Å². The molecule has 0 radical (unpaired) electrons. The minimum atomic E-state index is -1.52. The Labute approximate surface area is 185 Å². The molecule has 2 aromatic rings. The van der Waals surface area contributed by atoms with Gasteiger partial charge in [0.2, 0.25) is 0 Å². The quantitative estimate of drug-likeness (QED) is 0.532. The van der Waals surface area contributed by atoms with Crippen molar-refractivity contribution >= 4 is 42.9 Å². The predicted octanol–water partition coefficient (Wildman–Crippen LogP) is 0.303. The molecule has 2 heterocycles. The fourth-order valence-corrected chi connectivity index (χ4v) is 11.6. The summed E-state index contributed by atoms with van der Waals surface area (Å²) in [6.07, 6.45) is 4.86. The van der Waals surface area contributed by atoms with Crippen LogP contribution in [-0.2, 0) is 26.2 Å². The van der Waals surface area contributed by atoms with E-state index in [1.807, 2.05) is 22.7 Å². The summed E-state index contributed by atoms with van der Waals surface area (Å²) in [6.45, 7) is 9.87. The van der Waals surface area contributed by atoms with E-state index in [2.05, 4.69) is 62.0 Å². The molecule has 0 saturated heterocycles. The molecule has 0 nitrogen and oxygen atoms in total. The first-order valence-electron chi connectivity index (χ1n) is 7.51. The van der Waals surface area contributed by atoms with Gasteiger partial charge in [0.15, 0.2) is 0 Å². The van der Waals surface area contributed by atoms with Gasteiger partial charge in [-0.15, -0.1) is 22.7 Å². The van der Waals surface area contributed by atoms with Crippen LogP contribution in [0.2, 0.25) is 13.1 Å². The summed E-state index contributed by atoms with van der Waals surface area (Å²) in [7, 11) is -1.52.